The third-order valence-corrected chi connectivity index (χ3v) is 2.20. The Hall–Kier alpha value is -1.55. The summed E-state index contributed by atoms with van der Waals surface area (Å²) in [7, 11) is 0. The highest BCUT2D eigenvalue weighted by Gasteiger charge is 2.03. The minimum Gasteiger partial charge on any atom is -0.508 e. The van der Waals surface area contributed by atoms with Crippen LogP contribution in [0.3, 0.4) is 0 Å². The zero-order chi connectivity index (χ0) is 12.0. The number of nitrogens with two attached hydrogens (primary N) is 1. The van der Waals surface area contributed by atoms with E-state index in [9.17, 15) is 9.90 Å². The van der Waals surface area contributed by atoms with Crippen molar-refractivity contribution in [2.75, 3.05) is 6.54 Å². The minimum atomic E-state index is -0.0498. The molecule has 0 aliphatic heterocycles. The van der Waals surface area contributed by atoms with Gasteiger partial charge in [0.2, 0.25) is 5.91 Å². The molecule has 1 aromatic rings. The third-order valence-electron chi connectivity index (χ3n) is 2.20. The number of hydrogen-bond acceptors (Lipinski definition) is 3. The maximum atomic E-state index is 11.5. The quantitative estimate of drug-likeness (QED) is 0.689. The SMILES string of the molecule is CC(N)CCNC(=O)Cc1cccc(O)c1. The lowest BCUT2D eigenvalue weighted by atomic mass is 10.1. The van der Waals surface area contributed by atoms with E-state index < -0.39 is 0 Å². The molecule has 0 aromatic heterocycles. The van der Waals surface area contributed by atoms with Crippen molar-refractivity contribution < 1.29 is 9.90 Å². The average Bonchev–Trinajstić information content (AvgIpc) is 2.16. The minimum absolute atomic E-state index is 0.0498. The molecule has 4 nitrogen and oxygen atoms in total. The molecule has 0 radical (unpaired) electrons. The van der Waals surface area contributed by atoms with Gasteiger partial charge in [-0.2, -0.15) is 0 Å². The van der Waals surface area contributed by atoms with E-state index in [1.54, 1.807) is 18.2 Å². The largest absolute Gasteiger partial charge is 0.508 e. The Balaban J connectivity index is 2.34. The van der Waals surface area contributed by atoms with Crippen LogP contribution in [0.25, 0.3) is 0 Å². The number of carbonyl (C=O) groups is 1. The lowest BCUT2D eigenvalue weighted by molar-refractivity contribution is -0.120. The number of phenols is 1. The molecule has 1 amide bonds. The number of aromatic hydroxyl groups is 1. The summed E-state index contributed by atoms with van der Waals surface area (Å²) in [5.41, 5.74) is 6.37. The van der Waals surface area contributed by atoms with Crippen molar-refractivity contribution in [3.63, 3.8) is 0 Å². The van der Waals surface area contributed by atoms with Gasteiger partial charge < -0.3 is 16.2 Å². The lowest BCUT2D eigenvalue weighted by Crippen LogP contribution is -2.29. The van der Waals surface area contributed by atoms with Crippen LogP contribution in [-0.4, -0.2) is 23.6 Å². The second-order valence-electron chi connectivity index (χ2n) is 3.96. The van der Waals surface area contributed by atoms with Crippen molar-refractivity contribution in [1.82, 2.24) is 5.32 Å². The van der Waals surface area contributed by atoms with Crippen LogP contribution in [0.2, 0.25) is 0 Å². The fraction of sp³-hybridized carbons (Fsp3) is 0.417. The van der Waals surface area contributed by atoms with Crippen LogP contribution in [0.15, 0.2) is 24.3 Å². The second-order valence-corrected chi connectivity index (χ2v) is 3.96. The molecule has 0 fully saturated rings. The predicted octanol–water partition coefficient (Wildman–Crippen LogP) is 0.788. The van der Waals surface area contributed by atoms with Gasteiger partial charge in [-0.3, -0.25) is 4.79 Å². The number of rotatable bonds is 5. The van der Waals surface area contributed by atoms with Crippen molar-refractivity contribution in [3.05, 3.63) is 29.8 Å². The Kier molecular flexibility index (Phi) is 4.79. The van der Waals surface area contributed by atoms with Gasteiger partial charge in [0.1, 0.15) is 5.75 Å². The summed E-state index contributed by atoms with van der Waals surface area (Å²) in [6.07, 6.45) is 1.05. The highest BCUT2D eigenvalue weighted by Crippen LogP contribution is 2.11. The molecule has 1 rings (SSSR count). The van der Waals surface area contributed by atoms with Crippen molar-refractivity contribution >= 4 is 5.91 Å². The first-order chi connectivity index (χ1) is 7.58. The Morgan fingerprint density at radius 2 is 2.31 bits per heavy atom. The van der Waals surface area contributed by atoms with Crippen molar-refractivity contribution in [3.8, 4) is 5.75 Å². The van der Waals surface area contributed by atoms with Gasteiger partial charge in [0.05, 0.1) is 6.42 Å². The van der Waals surface area contributed by atoms with E-state index in [-0.39, 0.29) is 24.1 Å². The molecular weight excluding hydrogens is 204 g/mol. The van der Waals surface area contributed by atoms with E-state index in [1.807, 2.05) is 13.0 Å². The number of nitrogens with one attached hydrogen (secondary N) is 1. The van der Waals surface area contributed by atoms with Crippen LogP contribution in [0.5, 0.6) is 5.75 Å². The molecule has 0 aliphatic rings. The Morgan fingerprint density at radius 1 is 1.56 bits per heavy atom. The molecule has 0 aliphatic carbocycles. The van der Waals surface area contributed by atoms with Gasteiger partial charge in [0.25, 0.3) is 0 Å². The van der Waals surface area contributed by atoms with Gasteiger partial charge in [-0.25, -0.2) is 0 Å². The van der Waals surface area contributed by atoms with E-state index in [0.29, 0.717) is 6.54 Å². The summed E-state index contributed by atoms with van der Waals surface area (Å²) in [6.45, 7) is 2.50. The summed E-state index contributed by atoms with van der Waals surface area (Å²) in [5, 5.41) is 12.0. The third kappa shape index (κ3) is 4.79. The number of hydrogen-bond donors (Lipinski definition) is 3. The second kappa shape index (κ2) is 6.12. The molecule has 4 N–H and O–H groups in total. The van der Waals surface area contributed by atoms with Crippen molar-refractivity contribution in [1.29, 1.82) is 0 Å². The smallest absolute Gasteiger partial charge is 0.224 e. The molecule has 0 saturated heterocycles. The van der Waals surface area contributed by atoms with Crippen LogP contribution >= 0.6 is 0 Å². The highest BCUT2D eigenvalue weighted by atomic mass is 16.3. The first-order valence-corrected chi connectivity index (χ1v) is 5.38. The van der Waals surface area contributed by atoms with Gasteiger partial charge in [-0.1, -0.05) is 12.1 Å². The molecule has 1 unspecified atom stereocenters. The standard InChI is InChI=1S/C12H18N2O2/c1-9(13)5-6-14-12(16)8-10-3-2-4-11(15)7-10/h2-4,7,9,15H,5-6,8,13H2,1H3,(H,14,16). The van der Waals surface area contributed by atoms with E-state index >= 15 is 0 Å². The highest BCUT2D eigenvalue weighted by molar-refractivity contribution is 5.78. The number of carbonyl (C=O) groups excluding carboxylic acids is 1. The van der Waals surface area contributed by atoms with Crippen LogP contribution in [0.1, 0.15) is 18.9 Å². The molecule has 0 bridgehead atoms. The summed E-state index contributed by atoms with van der Waals surface area (Å²) in [4.78, 5) is 11.5. The van der Waals surface area contributed by atoms with Crippen LogP contribution in [-0.2, 0) is 11.2 Å². The fourth-order valence-corrected chi connectivity index (χ4v) is 1.35. The topological polar surface area (TPSA) is 75.3 Å². The van der Waals surface area contributed by atoms with E-state index in [0.717, 1.165) is 12.0 Å². The van der Waals surface area contributed by atoms with Gasteiger partial charge >= 0.3 is 0 Å². The predicted molar refractivity (Wildman–Crippen MR) is 63.1 cm³/mol. The summed E-state index contributed by atoms with van der Waals surface area (Å²) in [6, 6.07) is 6.80. The lowest BCUT2D eigenvalue weighted by Gasteiger charge is -2.07. The van der Waals surface area contributed by atoms with Crippen LogP contribution < -0.4 is 11.1 Å². The van der Waals surface area contributed by atoms with Gasteiger partial charge in [0.15, 0.2) is 0 Å². The molecule has 0 spiro atoms. The Labute approximate surface area is 95.5 Å². The van der Waals surface area contributed by atoms with Crippen LogP contribution in [0.4, 0.5) is 0 Å². The maximum Gasteiger partial charge on any atom is 0.224 e. The van der Waals surface area contributed by atoms with Crippen LogP contribution in [0, 0.1) is 0 Å². The zero-order valence-electron chi connectivity index (χ0n) is 9.44. The maximum absolute atomic E-state index is 11.5. The molecular formula is C12H18N2O2. The van der Waals surface area contributed by atoms with E-state index in [4.69, 9.17) is 5.73 Å². The Morgan fingerprint density at radius 3 is 2.94 bits per heavy atom. The fourth-order valence-electron chi connectivity index (χ4n) is 1.35. The van der Waals surface area contributed by atoms with Gasteiger partial charge in [-0.15, -0.1) is 0 Å². The molecule has 4 heteroatoms. The van der Waals surface area contributed by atoms with Gasteiger partial charge in [-0.05, 0) is 31.0 Å². The summed E-state index contributed by atoms with van der Waals surface area (Å²) in [5.74, 6) is 0.132. The van der Waals surface area contributed by atoms with Gasteiger partial charge in [0, 0.05) is 12.6 Å². The normalized spacial score (nSPS) is 12.1. The summed E-state index contributed by atoms with van der Waals surface area (Å²) < 4.78 is 0. The Bertz CT molecular complexity index is 351. The van der Waals surface area contributed by atoms with E-state index in [1.165, 1.54) is 0 Å². The first kappa shape index (κ1) is 12.5. The average molecular weight is 222 g/mol. The van der Waals surface area contributed by atoms with E-state index in [2.05, 4.69) is 5.32 Å². The molecule has 0 heterocycles. The summed E-state index contributed by atoms with van der Waals surface area (Å²) >= 11 is 0. The first-order valence-electron chi connectivity index (χ1n) is 5.38. The molecule has 88 valence electrons. The molecule has 16 heavy (non-hydrogen) atoms. The number of amides is 1. The number of phenolic OH excluding ortho intramolecular Hbond substituents is 1. The molecule has 1 aromatic carbocycles. The zero-order valence-corrected chi connectivity index (χ0v) is 9.44. The molecule has 0 saturated carbocycles. The van der Waals surface area contributed by atoms with Crippen molar-refractivity contribution in [2.24, 2.45) is 5.73 Å². The monoisotopic (exact) mass is 222 g/mol. The number of benzene rings is 1. The van der Waals surface area contributed by atoms with Crippen molar-refractivity contribution in [2.45, 2.75) is 25.8 Å². The molecule has 1 atom stereocenters.